The highest BCUT2D eigenvalue weighted by Gasteiger charge is 2.35. The molecule has 1 aliphatic rings. The number of hydrogen-bond donors (Lipinski definition) is 0. The number of nitrogens with zero attached hydrogens (tertiary/aromatic N) is 4. The molecule has 0 bridgehead atoms. The first-order valence-electron chi connectivity index (χ1n) is 9.78. The number of oxazole rings is 1. The molecule has 8 heteroatoms. The number of amides is 1. The number of anilines is 1. The summed E-state index contributed by atoms with van der Waals surface area (Å²) in [6.07, 6.45) is 0.309. The first-order valence-corrected chi connectivity index (χ1v) is 9.78. The summed E-state index contributed by atoms with van der Waals surface area (Å²) in [7, 11) is 0. The van der Waals surface area contributed by atoms with Gasteiger partial charge in [-0.1, -0.05) is 23.4 Å². The van der Waals surface area contributed by atoms with Gasteiger partial charge >= 0.3 is 5.76 Å². The fourth-order valence-corrected chi connectivity index (χ4v) is 3.82. The Balaban J connectivity index is 1.37. The Kier molecular flexibility index (Phi) is 4.27. The fourth-order valence-electron chi connectivity index (χ4n) is 3.82. The van der Waals surface area contributed by atoms with E-state index in [9.17, 15) is 9.59 Å². The maximum atomic E-state index is 12.6. The van der Waals surface area contributed by atoms with Gasteiger partial charge in [0.1, 0.15) is 0 Å². The summed E-state index contributed by atoms with van der Waals surface area (Å²) in [5.74, 6) is 0.152. The molecule has 0 N–H and O–H groups in total. The Morgan fingerprint density at radius 2 is 1.93 bits per heavy atom. The van der Waals surface area contributed by atoms with Gasteiger partial charge in [0, 0.05) is 18.7 Å². The monoisotopic (exact) mass is 404 g/mol. The lowest BCUT2D eigenvalue weighted by atomic mass is 10.1. The molecule has 5 rings (SSSR count). The molecular formula is C22H20N4O4. The van der Waals surface area contributed by atoms with Crippen LogP contribution in [0, 0.1) is 13.8 Å². The Morgan fingerprint density at radius 3 is 2.77 bits per heavy atom. The second-order valence-electron chi connectivity index (χ2n) is 7.64. The first kappa shape index (κ1) is 18.4. The zero-order valence-electron chi connectivity index (χ0n) is 16.7. The molecule has 152 valence electrons. The highest BCUT2D eigenvalue weighted by Crippen LogP contribution is 2.32. The van der Waals surface area contributed by atoms with Crippen LogP contribution in [0.5, 0.6) is 0 Å². The van der Waals surface area contributed by atoms with E-state index < -0.39 is 5.76 Å². The molecule has 4 aromatic rings. The molecule has 0 aliphatic carbocycles. The summed E-state index contributed by atoms with van der Waals surface area (Å²) in [5, 5.41) is 4.01. The van der Waals surface area contributed by atoms with Crippen LogP contribution in [0.25, 0.3) is 11.1 Å². The third-order valence-electron chi connectivity index (χ3n) is 5.63. The molecule has 1 aliphatic heterocycles. The number of para-hydroxylation sites is 2. The summed E-state index contributed by atoms with van der Waals surface area (Å²) < 4.78 is 12.1. The molecular weight excluding hydrogens is 384 g/mol. The molecule has 0 spiro atoms. The van der Waals surface area contributed by atoms with Crippen molar-refractivity contribution in [2.45, 2.75) is 32.7 Å². The van der Waals surface area contributed by atoms with Crippen molar-refractivity contribution in [2.75, 3.05) is 11.4 Å². The number of carbonyl (C=O) groups is 1. The van der Waals surface area contributed by atoms with Crippen LogP contribution in [0.1, 0.15) is 35.2 Å². The highest BCUT2D eigenvalue weighted by atomic mass is 16.5. The molecule has 30 heavy (non-hydrogen) atoms. The molecule has 8 nitrogen and oxygen atoms in total. The van der Waals surface area contributed by atoms with E-state index in [-0.39, 0.29) is 18.4 Å². The number of carbonyl (C=O) groups excluding carboxylic acids is 1. The van der Waals surface area contributed by atoms with Gasteiger partial charge in [-0.2, -0.15) is 4.98 Å². The molecule has 1 amide bonds. The third kappa shape index (κ3) is 3.10. The molecule has 0 saturated carbocycles. The van der Waals surface area contributed by atoms with Crippen LogP contribution in [0.3, 0.4) is 0 Å². The smallest absolute Gasteiger partial charge is 0.408 e. The van der Waals surface area contributed by atoms with Crippen LogP contribution in [0.15, 0.2) is 56.2 Å². The maximum Gasteiger partial charge on any atom is 0.420 e. The van der Waals surface area contributed by atoms with E-state index in [0.29, 0.717) is 35.8 Å². The van der Waals surface area contributed by atoms with Gasteiger partial charge in [0.15, 0.2) is 11.4 Å². The summed E-state index contributed by atoms with van der Waals surface area (Å²) in [5.41, 5.74) is 4.39. The third-order valence-corrected chi connectivity index (χ3v) is 5.63. The van der Waals surface area contributed by atoms with Crippen LogP contribution in [-0.4, -0.2) is 27.2 Å². The Morgan fingerprint density at radius 1 is 1.10 bits per heavy atom. The lowest BCUT2D eigenvalue weighted by Gasteiger charge is -2.17. The van der Waals surface area contributed by atoms with Crippen LogP contribution < -0.4 is 10.7 Å². The van der Waals surface area contributed by atoms with Crippen molar-refractivity contribution in [3.63, 3.8) is 0 Å². The van der Waals surface area contributed by atoms with E-state index >= 15 is 0 Å². The van der Waals surface area contributed by atoms with Crippen molar-refractivity contribution in [2.24, 2.45) is 0 Å². The van der Waals surface area contributed by atoms with Gasteiger partial charge in [0.05, 0.1) is 18.0 Å². The second kappa shape index (κ2) is 6.98. The van der Waals surface area contributed by atoms with E-state index in [1.165, 1.54) is 10.1 Å². The van der Waals surface area contributed by atoms with Crippen molar-refractivity contribution in [3.8, 4) is 0 Å². The summed E-state index contributed by atoms with van der Waals surface area (Å²) in [6, 6.07) is 13.2. The quantitative estimate of drug-likeness (QED) is 0.519. The largest absolute Gasteiger partial charge is 0.420 e. The predicted molar refractivity (Wildman–Crippen MR) is 110 cm³/mol. The van der Waals surface area contributed by atoms with Gasteiger partial charge in [-0.3, -0.25) is 9.36 Å². The molecule has 3 heterocycles. The number of rotatable bonds is 4. The molecule has 1 fully saturated rings. The van der Waals surface area contributed by atoms with E-state index in [1.807, 2.05) is 38.1 Å². The van der Waals surface area contributed by atoms with Crippen LogP contribution in [0.2, 0.25) is 0 Å². The average Bonchev–Trinajstić information content (AvgIpc) is 3.42. The standard InChI is InChI=1S/C22H20N4O4/c1-13-7-8-16(9-14(13)2)25-11-15(10-20(25)27)21-23-19(24-30-21)12-26-17-5-3-4-6-18(17)29-22(26)28/h3-9,15H,10-12H2,1-2H3/t15-/m1/s1. The fraction of sp³-hybridized carbons (Fsp3) is 0.273. The molecule has 1 saturated heterocycles. The zero-order chi connectivity index (χ0) is 20.8. The number of aromatic nitrogens is 3. The predicted octanol–water partition coefficient (Wildman–Crippen LogP) is 3.16. The van der Waals surface area contributed by atoms with Gasteiger partial charge in [-0.05, 0) is 49.2 Å². The van der Waals surface area contributed by atoms with Gasteiger partial charge in [-0.25, -0.2) is 4.79 Å². The van der Waals surface area contributed by atoms with Crippen molar-refractivity contribution in [1.29, 1.82) is 0 Å². The van der Waals surface area contributed by atoms with E-state index in [0.717, 1.165) is 11.3 Å². The average molecular weight is 404 g/mol. The SMILES string of the molecule is Cc1ccc(N2C[C@H](c3nc(Cn4c(=O)oc5ccccc54)no3)CC2=O)cc1C. The minimum absolute atomic E-state index is 0.0278. The van der Waals surface area contributed by atoms with Gasteiger partial charge in [0.25, 0.3) is 0 Å². The summed E-state index contributed by atoms with van der Waals surface area (Å²) in [6.45, 7) is 4.70. The number of aryl methyl sites for hydroxylation is 2. The number of fused-ring (bicyclic) bond motifs is 1. The second-order valence-corrected chi connectivity index (χ2v) is 7.64. The summed E-state index contributed by atoms with van der Waals surface area (Å²) in [4.78, 5) is 31.0. The van der Waals surface area contributed by atoms with Crippen LogP contribution >= 0.6 is 0 Å². The molecule has 2 aromatic carbocycles. The topological polar surface area (TPSA) is 94.4 Å². The van der Waals surface area contributed by atoms with Gasteiger partial charge in [-0.15, -0.1) is 0 Å². The zero-order valence-corrected chi connectivity index (χ0v) is 16.7. The normalized spacial score (nSPS) is 16.7. The minimum Gasteiger partial charge on any atom is -0.408 e. The van der Waals surface area contributed by atoms with Gasteiger partial charge in [0.2, 0.25) is 11.8 Å². The molecule has 0 radical (unpaired) electrons. The van der Waals surface area contributed by atoms with Crippen molar-refractivity contribution >= 4 is 22.7 Å². The van der Waals surface area contributed by atoms with E-state index in [4.69, 9.17) is 8.94 Å². The van der Waals surface area contributed by atoms with E-state index in [2.05, 4.69) is 10.1 Å². The summed E-state index contributed by atoms with van der Waals surface area (Å²) >= 11 is 0. The van der Waals surface area contributed by atoms with Gasteiger partial charge < -0.3 is 13.8 Å². The Bertz CT molecular complexity index is 1320. The van der Waals surface area contributed by atoms with Crippen molar-refractivity contribution in [1.82, 2.24) is 14.7 Å². The van der Waals surface area contributed by atoms with Crippen molar-refractivity contribution < 1.29 is 13.7 Å². The highest BCUT2D eigenvalue weighted by molar-refractivity contribution is 5.96. The lowest BCUT2D eigenvalue weighted by molar-refractivity contribution is -0.117. The van der Waals surface area contributed by atoms with E-state index in [1.54, 1.807) is 23.1 Å². The van der Waals surface area contributed by atoms with Crippen LogP contribution in [-0.2, 0) is 11.3 Å². The number of benzene rings is 2. The number of hydrogen-bond acceptors (Lipinski definition) is 6. The molecule has 1 atom stereocenters. The van der Waals surface area contributed by atoms with Crippen LogP contribution in [0.4, 0.5) is 5.69 Å². The Hall–Kier alpha value is -3.68. The maximum absolute atomic E-state index is 12.6. The minimum atomic E-state index is -0.473. The Labute approximate surface area is 171 Å². The molecule has 2 aromatic heterocycles. The van der Waals surface area contributed by atoms with Crippen molar-refractivity contribution in [3.05, 3.63) is 75.9 Å². The first-order chi connectivity index (χ1) is 14.5. The lowest BCUT2D eigenvalue weighted by Crippen LogP contribution is -2.24. The molecule has 0 unspecified atom stereocenters.